The van der Waals surface area contributed by atoms with Gasteiger partial charge in [0.2, 0.25) is 0 Å². The molecule has 0 aliphatic carbocycles. The summed E-state index contributed by atoms with van der Waals surface area (Å²) in [6.45, 7) is 4.81. The number of quaternary nitrogens is 1. The van der Waals surface area contributed by atoms with E-state index in [1.54, 1.807) is 0 Å². The summed E-state index contributed by atoms with van der Waals surface area (Å²) in [4.78, 5) is 37.2. The Balaban J connectivity index is 4.11. The lowest BCUT2D eigenvalue weighted by Crippen LogP contribution is -2.50. The normalized spacial score (nSPS) is 12.7. The van der Waals surface area contributed by atoms with Gasteiger partial charge in [-0.1, -0.05) is 251 Å². The zero-order chi connectivity index (χ0) is 46.3. The Bertz CT molecular complexity index is 998. The number of unbranched alkanes of at least 4 members (excludes halogenated alkanes) is 37. The summed E-state index contributed by atoms with van der Waals surface area (Å²) in [5.74, 6) is -1.43. The average Bonchev–Trinajstić information content (AvgIpc) is 3.24. The van der Waals surface area contributed by atoms with Gasteiger partial charge in [0.05, 0.1) is 34.4 Å². The summed E-state index contributed by atoms with van der Waals surface area (Å²) in [7, 11) is 5.55. The van der Waals surface area contributed by atoms with E-state index in [4.69, 9.17) is 14.2 Å². The number of nitrogens with zero attached hydrogens (tertiary/aromatic N) is 1. The molecule has 0 aromatic heterocycles. The Morgan fingerprint density at radius 1 is 0.413 bits per heavy atom. The number of likely N-dealkylation sites (N-methyl/N-ethyl adjacent to an activating group) is 1. The molecule has 0 aliphatic heterocycles. The number of carbonyl (C=O) groups is 3. The van der Waals surface area contributed by atoms with Crippen LogP contribution in [0.1, 0.15) is 284 Å². The lowest BCUT2D eigenvalue weighted by molar-refractivity contribution is -0.887. The van der Waals surface area contributed by atoms with Gasteiger partial charge in [-0.3, -0.25) is 9.59 Å². The molecular weight excluding hydrogens is 787 g/mol. The molecule has 0 rings (SSSR count). The third-order valence-corrected chi connectivity index (χ3v) is 13.0. The lowest BCUT2D eigenvalue weighted by atomic mass is 10.0. The minimum absolute atomic E-state index is 0.0411. The molecule has 1 N–H and O–H groups in total. The monoisotopic (exact) mass is 895 g/mol. The fraction of sp³-hybridized carbons (Fsp3) is 0.945. The molecule has 0 saturated heterocycles. The van der Waals surface area contributed by atoms with Crippen LogP contribution in [-0.4, -0.2) is 80.6 Å². The zero-order valence-electron chi connectivity index (χ0n) is 42.8. The molecule has 0 saturated carbocycles. The highest BCUT2D eigenvalue weighted by atomic mass is 16.6. The molecule has 0 heterocycles. The molecule has 0 aromatic rings. The van der Waals surface area contributed by atoms with Crippen LogP contribution in [0.25, 0.3) is 0 Å². The van der Waals surface area contributed by atoms with Gasteiger partial charge in [0, 0.05) is 19.3 Å². The Kier molecular flexibility index (Phi) is 45.6. The summed E-state index contributed by atoms with van der Waals surface area (Å²) < 4.78 is 17.4. The van der Waals surface area contributed by atoms with Crippen molar-refractivity contribution in [2.24, 2.45) is 0 Å². The molecule has 0 aliphatic rings. The SMILES string of the molecule is CCCCCCCCCCCCCCCCCCCCCCCCCC(=O)OCC(COCCC(C(=O)O)[N+](C)(C)C)OC(=O)CCCCCCCCCCCCCCCCCC. The van der Waals surface area contributed by atoms with E-state index in [1.807, 2.05) is 21.1 Å². The van der Waals surface area contributed by atoms with Crippen LogP contribution in [0, 0.1) is 0 Å². The quantitative estimate of drug-likeness (QED) is 0.0369. The molecule has 0 radical (unpaired) electrons. The van der Waals surface area contributed by atoms with E-state index >= 15 is 0 Å². The van der Waals surface area contributed by atoms with Crippen molar-refractivity contribution in [3.05, 3.63) is 0 Å². The maximum absolute atomic E-state index is 12.8. The smallest absolute Gasteiger partial charge is 0.362 e. The van der Waals surface area contributed by atoms with E-state index in [-0.39, 0.29) is 36.2 Å². The number of carboxylic acid groups (broad SMARTS) is 1. The second-order valence-electron chi connectivity index (χ2n) is 20.2. The van der Waals surface area contributed by atoms with E-state index in [2.05, 4.69) is 13.8 Å². The summed E-state index contributed by atoms with van der Waals surface area (Å²) >= 11 is 0. The second kappa shape index (κ2) is 46.8. The molecule has 2 unspecified atom stereocenters. The Morgan fingerprint density at radius 3 is 0.984 bits per heavy atom. The van der Waals surface area contributed by atoms with Crippen LogP contribution < -0.4 is 0 Å². The number of rotatable bonds is 51. The van der Waals surface area contributed by atoms with Crippen LogP contribution in [0.4, 0.5) is 0 Å². The number of hydrogen-bond acceptors (Lipinski definition) is 6. The first kappa shape index (κ1) is 61.3. The van der Waals surface area contributed by atoms with Crippen LogP contribution in [0.2, 0.25) is 0 Å². The molecule has 63 heavy (non-hydrogen) atoms. The molecule has 8 heteroatoms. The summed E-state index contributed by atoms with van der Waals surface area (Å²) in [6, 6.07) is -0.609. The van der Waals surface area contributed by atoms with Crippen LogP contribution in [0.3, 0.4) is 0 Å². The summed E-state index contributed by atoms with van der Waals surface area (Å²) in [5.41, 5.74) is 0. The Morgan fingerprint density at radius 2 is 0.698 bits per heavy atom. The molecule has 8 nitrogen and oxygen atoms in total. The van der Waals surface area contributed by atoms with Crippen molar-refractivity contribution in [2.75, 3.05) is 41.0 Å². The van der Waals surface area contributed by atoms with Gasteiger partial charge in [-0.05, 0) is 12.8 Å². The zero-order valence-corrected chi connectivity index (χ0v) is 42.8. The second-order valence-corrected chi connectivity index (χ2v) is 20.2. The highest BCUT2D eigenvalue weighted by Crippen LogP contribution is 2.18. The third kappa shape index (κ3) is 45.3. The van der Waals surface area contributed by atoms with Gasteiger partial charge >= 0.3 is 17.9 Å². The highest BCUT2D eigenvalue weighted by molar-refractivity contribution is 5.72. The van der Waals surface area contributed by atoms with Gasteiger partial charge in [-0.25, -0.2) is 4.79 Å². The fourth-order valence-corrected chi connectivity index (χ4v) is 8.74. The van der Waals surface area contributed by atoms with Crippen LogP contribution in [0.15, 0.2) is 0 Å². The van der Waals surface area contributed by atoms with Gasteiger partial charge in [-0.15, -0.1) is 0 Å². The van der Waals surface area contributed by atoms with Crippen molar-refractivity contribution in [1.29, 1.82) is 0 Å². The molecule has 2 atom stereocenters. The van der Waals surface area contributed by atoms with Crippen molar-refractivity contribution in [1.82, 2.24) is 0 Å². The van der Waals surface area contributed by atoms with Gasteiger partial charge in [-0.2, -0.15) is 0 Å². The van der Waals surface area contributed by atoms with E-state index in [0.717, 1.165) is 38.5 Å². The fourth-order valence-electron chi connectivity index (χ4n) is 8.74. The summed E-state index contributed by atoms with van der Waals surface area (Å²) in [5, 5.41) is 9.66. The largest absolute Gasteiger partial charge is 0.477 e. The number of hydrogen-bond donors (Lipinski definition) is 1. The minimum atomic E-state index is -0.868. The van der Waals surface area contributed by atoms with Crippen molar-refractivity contribution in [3.63, 3.8) is 0 Å². The first-order valence-electron chi connectivity index (χ1n) is 27.6. The van der Waals surface area contributed by atoms with Crippen molar-refractivity contribution in [2.45, 2.75) is 296 Å². The number of ether oxygens (including phenoxy) is 3. The first-order valence-corrected chi connectivity index (χ1v) is 27.6. The number of carboxylic acids is 1. The molecule has 0 spiro atoms. The summed E-state index contributed by atoms with van der Waals surface area (Å²) in [6.07, 6.45) is 51.6. The van der Waals surface area contributed by atoms with Crippen molar-refractivity contribution in [3.8, 4) is 0 Å². The lowest BCUT2D eigenvalue weighted by Gasteiger charge is -2.31. The molecule has 0 aromatic carbocycles. The topological polar surface area (TPSA) is 99.1 Å². The van der Waals surface area contributed by atoms with E-state index in [0.29, 0.717) is 19.3 Å². The number of aliphatic carboxylic acids is 1. The Labute approximate surface area is 391 Å². The van der Waals surface area contributed by atoms with Crippen molar-refractivity contribution < 1.29 is 38.2 Å². The number of esters is 2. The average molecular weight is 895 g/mol. The molecule has 0 amide bonds. The Hall–Kier alpha value is -1.67. The maximum Gasteiger partial charge on any atom is 0.362 e. The van der Waals surface area contributed by atoms with Gasteiger partial charge in [0.1, 0.15) is 6.61 Å². The van der Waals surface area contributed by atoms with E-state index < -0.39 is 18.1 Å². The van der Waals surface area contributed by atoms with Gasteiger partial charge in [0.15, 0.2) is 12.1 Å². The molecule has 0 bridgehead atoms. The van der Waals surface area contributed by atoms with E-state index in [1.165, 1.54) is 212 Å². The predicted octanol–water partition coefficient (Wildman–Crippen LogP) is 16.0. The predicted molar refractivity (Wildman–Crippen MR) is 266 cm³/mol. The van der Waals surface area contributed by atoms with Gasteiger partial charge in [0.25, 0.3) is 0 Å². The van der Waals surface area contributed by atoms with Crippen molar-refractivity contribution >= 4 is 17.9 Å². The van der Waals surface area contributed by atoms with Crippen LogP contribution in [0.5, 0.6) is 0 Å². The molecular formula is C55H108NO7+. The standard InChI is InChI=1S/C55H107NO7/c1-6-8-10-12-14-16-18-20-22-24-25-26-27-28-29-30-32-33-35-37-39-41-43-45-53(57)62-50-51(49-61-48-47-52(55(59)60)56(3,4)5)63-54(58)46-44-42-40-38-36-34-31-23-21-19-17-15-13-11-9-7-2/h51-52H,6-50H2,1-5H3/p+1. The number of carbonyl (C=O) groups excluding carboxylic acids is 2. The van der Waals surface area contributed by atoms with E-state index in [9.17, 15) is 19.5 Å². The minimum Gasteiger partial charge on any atom is -0.477 e. The third-order valence-electron chi connectivity index (χ3n) is 13.0. The van der Waals surface area contributed by atoms with Crippen LogP contribution >= 0.6 is 0 Å². The molecule has 0 fully saturated rings. The van der Waals surface area contributed by atoms with Crippen LogP contribution in [-0.2, 0) is 28.6 Å². The maximum atomic E-state index is 12.8. The highest BCUT2D eigenvalue weighted by Gasteiger charge is 2.31. The first-order chi connectivity index (χ1) is 30.6. The molecule has 374 valence electrons. The van der Waals surface area contributed by atoms with Gasteiger partial charge < -0.3 is 23.8 Å².